The molecule has 3 rings (SSSR count). The van der Waals surface area contributed by atoms with Gasteiger partial charge in [-0.15, -0.1) is 0 Å². The van der Waals surface area contributed by atoms with Crippen molar-refractivity contribution in [3.63, 3.8) is 0 Å². The molecule has 150 valence electrons. The van der Waals surface area contributed by atoms with Crippen molar-refractivity contribution in [1.29, 1.82) is 0 Å². The van der Waals surface area contributed by atoms with Crippen molar-refractivity contribution in [3.05, 3.63) is 12.4 Å². The van der Waals surface area contributed by atoms with Crippen molar-refractivity contribution in [2.75, 3.05) is 24.6 Å². The highest BCUT2D eigenvalue weighted by Crippen LogP contribution is 2.36. The smallest absolute Gasteiger partial charge is 0.407 e. The van der Waals surface area contributed by atoms with Crippen LogP contribution in [0.4, 0.5) is 10.6 Å². The summed E-state index contributed by atoms with van der Waals surface area (Å²) in [6.45, 7) is 7.61. The van der Waals surface area contributed by atoms with E-state index in [0.717, 1.165) is 31.7 Å². The molecule has 1 saturated heterocycles. The number of aliphatic hydroxyl groups excluding tert-OH is 1. The minimum atomic E-state index is -0.891. The Kier molecular flexibility index (Phi) is 5.74. The van der Waals surface area contributed by atoms with Gasteiger partial charge in [0.1, 0.15) is 6.10 Å². The minimum Gasteiger partial charge on any atom is -0.472 e. The molecule has 1 aromatic rings. The first-order valence-electron chi connectivity index (χ1n) is 9.65. The monoisotopic (exact) mass is 378 g/mol. The fraction of sp³-hybridized carbons (Fsp3) is 0.737. The molecule has 8 heteroatoms. The molecule has 1 saturated carbocycles. The van der Waals surface area contributed by atoms with E-state index in [1.54, 1.807) is 12.4 Å². The Hall–Kier alpha value is -2.09. The fourth-order valence-electron chi connectivity index (χ4n) is 3.94. The Bertz CT molecular complexity index is 649. The summed E-state index contributed by atoms with van der Waals surface area (Å²) in [7, 11) is 0. The molecule has 1 aromatic heterocycles. The van der Waals surface area contributed by atoms with Gasteiger partial charge in [0.15, 0.2) is 5.82 Å². The van der Waals surface area contributed by atoms with Crippen LogP contribution in [0.1, 0.15) is 46.5 Å². The van der Waals surface area contributed by atoms with Gasteiger partial charge in [0.05, 0.1) is 0 Å². The summed E-state index contributed by atoms with van der Waals surface area (Å²) >= 11 is 0. The van der Waals surface area contributed by atoms with E-state index in [-0.39, 0.29) is 18.8 Å². The number of rotatable bonds is 5. The number of hydrogen-bond acceptors (Lipinski definition) is 6. The zero-order valence-corrected chi connectivity index (χ0v) is 16.3. The van der Waals surface area contributed by atoms with Crippen LogP contribution in [-0.2, 0) is 0 Å². The Labute approximate surface area is 160 Å². The van der Waals surface area contributed by atoms with E-state index < -0.39 is 11.6 Å². The second-order valence-electron chi connectivity index (χ2n) is 8.49. The number of carboxylic acid groups (broad SMARTS) is 1. The number of aliphatic hydroxyl groups is 1. The maximum Gasteiger partial charge on any atom is 0.407 e. The van der Waals surface area contributed by atoms with Crippen LogP contribution in [0, 0.1) is 5.92 Å². The van der Waals surface area contributed by atoms with E-state index in [1.807, 2.05) is 20.8 Å². The molecule has 2 heterocycles. The molecule has 0 unspecified atom stereocenters. The zero-order chi connectivity index (χ0) is 19.6. The highest BCUT2D eigenvalue weighted by atomic mass is 16.5. The Balaban J connectivity index is 1.61. The number of ether oxygens (including phenoxy) is 1. The van der Waals surface area contributed by atoms with E-state index >= 15 is 0 Å². The maximum absolute atomic E-state index is 11.6. The first kappa shape index (κ1) is 19.7. The SMILES string of the molecule is CC(C)(C)N(C(=O)O)[C@H]1C[C@H](Oc2nccnc2N2CCC(CO)CC2)C1. The van der Waals surface area contributed by atoms with Crippen LogP contribution < -0.4 is 9.64 Å². The lowest BCUT2D eigenvalue weighted by atomic mass is 9.85. The third-order valence-corrected chi connectivity index (χ3v) is 5.46. The van der Waals surface area contributed by atoms with Crippen LogP contribution in [0.25, 0.3) is 0 Å². The molecule has 27 heavy (non-hydrogen) atoms. The molecule has 1 aliphatic carbocycles. The van der Waals surface area contributed by atoms with Gasteiger partial charge in [-0.25, -0.2) is 14.8 Å². The van der Waals surface area contributed by atoms with Gasteiger partial charge in [0.25, 0.3) is 5.88 Å². The molecule has 0 atom stereocenters. The third-order valence-electron chi connectivity index (χ3n) is 5.46. The van der Waals surface area contributed by atoms with Crippen LogP contribution in [0.3, 0.4) is 0 Å². The molecule has 2 fully saturated rings. The van der Waals surface area contributed by atoms with E-state index in [9.17, 15) is 15.0 Å². The van der Waals surface area contributed by atoms with Crippen LogP contribution in [0.5, 0.6) is 5.88 Å². The van der Waals surface area contributed by atoms with Crippen LogP contribution >= 0.6 is 0 Å². The van der Waals surface area contributed by atoms with Crippen LogP contribution in [-0.4, -0.2) is 68.6 Å². The Morgan fingerprint density at radius 3 is 2.44 bits per heavy atom. The van der Waals surface area contributed by atoms with Crippen LogP contribution in [0.2, 0.25) is 0 Å². The summed E-state index contributed by atoms with van der Waals surface area (Å²) in [5.41, 5.74) is -0.434. The first-order chi connectivity index (χ1) is 12.8. The Morgan fingerprint density at radius 2 is 1.89 bits per heavy atom. The van der Waals surface area contributed by atoms with E-state index in [1.165, 1.54) is 4.90 Å². The lowest BCUT2D eigenvalue weighted by Gasteiger charge is -2.47. The van der Waals surface area contributed by atoms with E-state index in [0.29, 0.717) is 24.6 Å². The van der Waals surface area contributed by atoms with Gasteiger partial charge in [-0.3, -0.25) is 0 Å². The van der Waals surface area contributed by atoms with Gasteiger partial charge in [-0.05, 0) is 39.5 Å². The molecule has 0 radical (unpaired) electrons. The number of nitrogens with zero attached hydrogens (tertiary/aromatic N) is 4. The average molecular weight is 378 g/mol. The number of carbonyl (C=O) groups is 1. The number of anilines is 1. The van der Waals surface area contributed by atoms with Crippen molar-refractivity contribution in [3.8, 4) is 5.88 Å². The summed E-state index contributed by atoms with van der Waals surface area (Å²) in [5, 5.41) is 18.8. The molecule has 0 aromatic carbocycles. The van der Waals surface area contributed by atoms with Crippen molar-refractivity contribution >= 4 is 11.9 Å². The molecule has 8 nitrogen and oxygen atoms in total. The zero-order valence-electron chi connectivity index (χ0n) is 16.3. The maximum atomic E-state index is 11.6. The van der Waals surface area contributed by atoms with Gasteiger partial charge in [0, 0.05) is 56.5 Å². The van der Waals surface area contributed by atoms with Gasteiger partial charge in [-0.1, -0.05) is 0 Å². The molecule has 0 spiro atoms. The van der Waals surface area contributed by atoms with Crippen molar-refractivity contribution < 1.29 is 19.7 Å². The summed E-state index contributed by atoms with van der Waals surface area (Å²) in [4.78, 5) is 24.1. The Morgan fingerprint density at radius 1 is 1.26 bits per heavy atom. The van der Waals surface area contributed by atoms with Gasteiger partial charge in [-0.2, -0.15) is 0 Å². The molecule has 2 aliphatic rings. The fourth-order valence-corrected chi connectivity index (χ4v) is 3.94. The second-order valence-corrected chi connectivity index (χ2v) is 8.49. The molecular weight excluding hydrogens is 348 g/mol. The standard InChI is InChI=1S/C19H30N4O4/c1-19(2,3)23(18(25)26)14-10-15(11-14)27-17-16(20-6-7-21-17)22-8-4-13(12-24)5-9-22/h6-7,13-15,24H,4-5,8-12H2,1-3H3,(H,25,26)/t14-,15-. The number of hydrogen-bond donors (Lipinski definition) is 2. The number of piperidine rings is 1. The highest BCUT2D eigenvalue weighted by molar-refractivity contribution is 5.66. The summed E-state index contributed by atoms with van der Waals surface area (Å²) in [6, 6.07) is -0.0343. The molecule has 0 bridgehead atoms. The third kappa shape index (κ3) is 4.43. The highest BCUT2D eigenvalue weighted by Gasteiger charge is 2.42. The predicted molar refractivity (Wildman–Crippen MR) is 101 cm³/mol. The number of amides is 1. The van der Waals surface area contributed by atoms with Crippen molar-refractivity contribution in [2.45, 2.75) is 64.1 Å². The molecule has 2 N–H and O–H groups in total. The lowest BCUT2D eigenvalue weighted by Crippen LogP contribution is -2.58. The largest absolute Gasteiger partial charge is 0.472 e. The van der Waals surface area contributed by atoms with Crippen molar-refractivity contribution in [1.82, 2.24) is 14.9 Å². The van der Waals surface area contributed by atoms with Gasteiger partial charge < -0.3 is 24.7 Å². The van der Waals surface area contributed by atoms with E-state index in [2.05, 4.69) is 14.9 Å². The predicted octanol–water partition coefficient (Wildman–Crippen LogP) is 2.37. The first-order valence-corrected chi connectivity index (χ1v) is 9.65. The van der Waals surface area contributed by atoms with E-state index in [4.69, 9.17) is 4.74 Å². The normalized spacial score (nSPS) is 23.6. The molecule has 1 aliphatic heterocycles. The summed E-state index contributed by atoms with van der Waals surface area (Å²) in [6.07, 6.45) is 5.51. The molecule has 1 amide bonds. The second kappa shape index (κ2) is 7.88. The quantitative estimate of drug-likeness (QED) is 0.811. The van der Waals surface area contributed by atoms with Gasteiger partial charge >= 0.3 is 6.09 Å². The summed E-state index contributed by atoms with van der Waals surface area (Å²) in [5.74, 6) is 1.61. The van der Waals surface area contributed by atoms with Gasteiger partial charge in [0.2, 0.25) is 0 Å². The van der Waals surface area contributed by atoms with Crippen LogP contribution in [0.15, 0.2) is 12.4 Å². The minimum absolute atomic E-state index is 0.0343. The number of aromatic nitrogens is 2. The molecular formula is C19H30N4O4. The van der Waals surface area contributed by atoms with Crippen molar-refractivity contribution in [2.24, 2.45) is 5.92 Å². The average Bonchev–Trinajstić information content (AvgIpc) is 2.59. The topological polar surface area (TPSA) is 99.0 Å². The lowest BCUT2D eigenvalue weighted by molar-refractivity contribution is -0.0148. The summed E-state index contributed by atoms with van der Waals surface area (Å²) < 4.78 is 6.08.